The molecular weight excluding hydrogens is 296 g/mol. The van der Waals surface area contributed by atoms with Gasteiger partial charge in [-0.25, -0.2) is 4.79 Å². The first kappa shape index (κ1) is 15.0. The average molecular weight is 313 g/mol. The van der Waals surface area contributed by atoms with Crippen LogP contribution in [0.25, 0.3) is 11.3 Å². The molecule has 0 spiro atoms. The minimum absolute atomic E-state index is 0.0344. The van der Waals surface area contributed by atoms with Gasteiger partial charge in [-0.2, -0.15) is 14.1 Å². The number of hydrogen-bond acceptors (Lipinski definition) is 5. The van der Waals surface area contributed by atoms with Crippen LogP contribution in [0.1, 0.15) is 0 Å². The Hall–Kier alpha value is -2.93. The SMILES string of the molecule is COC=C(C(=O)OC)[N+]1(C)C=Nn2c(-c3ccccc3)cnc21. The van der Waals surface area contributed by atoms with Gasteiger partial charge in [0.1, 0.15) is 0 Å². The van der Waals surface area contributed by atoms with E-state index < -0.39 is 5.97 Å². The van der Waals surface area contributed by atoms with Crippen molar-refractivity contribution in [2.75, 3.05) is 21.3 Å². The number of hydrogen-bond donors (Lipinski definition) is 0. The predicted molar refractivity (Wildman–Crippen MR) is 86.4 cm³/mol. The van der Waals surface area contributed by atoms with Crippen molar-refractivity contribution in [2.45, 2.75) is 0 Å². The van der Waals surface area contributed by atoms with E-state index in [1.165, 1.54) is 20.5 Å². The maximum atomic E-state index is 12.1. The normalized spacial score (nSPS) is 19.5. The number of rotatable bonds is 4. The van der Waals surface area contributed by atoms with Gasteiger partial charge in [0, 0.05) is 5.56 Å². The highest BCUT2D eigenvalue weighted by molar-refractivity contribution is 5.97. The maximum absolute atomic E-state index is 12.1. The van der Waals surface area contributed by atoms with Crippen LogP contribution in [0.3, 0.4) is 0 Å². The molecule has 3 rings (SSSR count). The Labute approximate surface area is 133 Å². The Morgan fingerprint density at radius 2 is 2.00 bits per heavy atom. The molecule has 118 valence electrons. The van der Waals surface area contributed by atoms with Gasteiger partial charge in [0.05, 0.1) is 33.2 Å². The summed E-state index contributed by atoms with van der Waals surface area (Å²) in [5, 5.41) is 4.41. The van der Waals surface area contributed by atoms with Crippen molar-refractivity contribution in [1.29, 1.82) is 0 Å². The number of imidazole rings is 1. The summed E-state index contributed by atoms with van der Waals surface area (Å²) in [4.78, 5) is 16.5. The van der Waals surface area contributed by atoms with E-state index in [9.17, 15) is 4.79 Å². The van der Waals surface area contributed by atoms with Crippen molar-refractivity contribution in [3.05, 3.63) is 48.5 Å². The number of aromatic nitrogens is 2. The molecule has 1 aliphatic heterocycles. The third-order valence-corrected chi connectivity index (χ3v) is 3.73. The van der Waals surface area contributed by atoms with Gasteiger partial charge in [0.15, 0.2) is 6.26 Å². The summed E-state index contributed by atoms with van der Waals surface area (Å²) in [6.45, 7) is 0. The van der Waals surface area contributed by atoms with Crippen molar-refractivity contribution in [1.82, 2.24) is 14.1 Å². The Kier molecular flexibility index (Phi) is 3.71. The van der Waals surface area contributed by atoms with Crippen LogP contribution in [0.2, 0.25) is 0 Å². The van der Waals surface area contributed by atoms with Crippen molar-refractivity contribution >= 4 is 18.3 Å². The fraction of sp³-hybridized carbons (Fsp3) is 0.188. The first-order chi connectivity index (χ1) is 11.1. The summed E-state index contributed by atoms with van der Waals surface area (Å²) in [5.41, 5.74) is 2.12. The smallest absolute Gasteiger partial charge is 0.396 e. The molecule has 7 heteroatoms. The van der Waals surface area contributed by atoms with Crippen LogP contribution in [0.5, 0.6) is 0 Å². The summed E-state index contributed by atoms with van der Waals surface area (Å²) in [6.07, 6.45) is 4.71. The second-order valence-electron chi connectivity index (χ2n) is 5.16. The van der Waals surface area contributed by atoms with Gasteiger partial charge >= 0.3 is 11.9 Å². The molecule has 0 N–H and O–H groups in total. The molecule has 0 saturated heterocycles. The van der Waals surface area contributed by atoms with E-state index in [-0.39, 0.29) is 10.2 Å². The quantitative estimate of drug-likeness (QED) is 0.374. The molecule has 0 fully saturated rings. The van der Waals surface area contributed by atoms with Crippen molar-refractivity contribution in [3.8, 4) is 11.3 Å². The molecule has 1 aromatic carbocycles. The van der Waals surface area contributed by atoms with Gasteiger partial charge in [-0.1, -0.05) is 30.3 Å². The highest BCUT2D eigenvalue weighted by Gasteiger charge is 2.44. The average Bonchev–Trinajstić information content (AvgIpc) is 3.15. The molecule has 0 amide bonds. The van der Waals surface area contributed by atoms with Crippen molar-refractivity contribution in [3.63, 3.8) is 0 Å². The van der Waals surface area contributed by atoms with Crippen LogP contribution in [0.15, 0.2) is 53.6 Å². The van der Waals surface area contributed by atoms with Gasteiger partial charge in [-0.15, -0.1) is 5.10 Å². The number of carbonyl (C=O) groups excluding carboxylic acids is 1. The zero-order valence-corrected chi connectivity index (χ0v) is 13.1. The van der Waals surface area contributed by atoms with E-state index in [1.807, 2.05) is 30.3 Å². The summed E-state index contributed by atoms with van der Waals surface area (Å²) in [5.74, 6) is 0.0797. The second kappa shape index (κ2) is 5.69. The lowest BCUT2D eigenvalue weighted by Gasteiger charge is -2.22. The van der Waals surface area contributed by atoms with Gasteiger partial charge in [0.25, 0.3) is 5.70 Å². The lowest BCUT2D eigenvalue weighted by Crippen LogP contribution is -2.45. The number of ether oxygens (including phenoxy) is 2. The molecule has 1 aliphatic rings. The second-order valence-corrected chi connectivity index (χ2v) is 5.16. The van der Waals surface area contributed by atoms with Crippen LogP contribution in [0, 0.1) is 0 Å². The number of carbonyl (C=O) groups is 1. The maximum Gasteiger partial charge on any atom is 0.396 e. The summed E-state index contributed by atoms with van der Waals surface area (Å²) in [6, 6.07) is 9.81. The first-order valence-electron chi connectivity index (χ1n) is 6.99. The monoisotopic (exact) mass is 313 g/mol. The molecule has 7 nitrogen and oxygen atoms in total. The Morgan fingerprint density at radius 1 is 1.26 bits per heavy atom. The Balaban J connectivity index is 2.09. The largest absolute Gasteiger partial charge is 0.498 e. The minimum atomic E-state index is -0.501. The minimum Gasteiger partial charge on any atom is -0.498 e. The van der Waals surface area contributed by atoms with Gasteiger partial charge in [0.2, 0.25) is 6.34 Å². The third-order valence-electron chi connectivity index (χ3n) is 3.73. The zero-order valence-electron chi connectivity index (χ0n) is 13.1. The van der Waals surface area contributed by atoms with Crippen LogP contribution in [-0.2, 0) is 14.3 Å². The molecular formula is C16H17N4O3+. The van der Waals surface area contributed by atoms with E-state index in [1.54, 1.807) is 24.3 Å². The van der Waals surface area contributed by atoms with E-state index in [2.05, 4.69) is 10.1 Å². The standard InChI is InChI=1S/C16H17N4O3/c1-20(14(10-22-2)15(21)23-3)11-18-19-13(9-17-16(19)20)12-7-5-4-6-8-12/h4-11H,1-3H3/q+1. The number of likely N-dealkylation sites (N-methyl/N-ethyl adjacent to an activating group) is 1. The van der Waals surface area contributed by atoms with Crippen LogP contribution in [0.4, 0.5) is 5.95 Å². The highest BCUT2D eigenvalue weighted by atomic mass is 16.5. The van der Waals surface area contributed by atoms with Gasteiger partial charge in [-0.05, 0) is 0 Å². The number of methoxy groups -OCH3 is 2. The molecule has 2 aromatic rings. The number of benzene rings is 1. The van der Waals surface area contributed by atoms with E-state index >= 15 is 0 Å². The molecule has 0 radical (unpaired) electrons. The number of nitrogens with zero attached hydrogens (tertiary/aromatic N) is 4. The van der Waals surface area contributed by atoms with Gasteiger partial charge < -0.3 is 9.47 Å². The van der Waals surface area contributed by atoms with Crippen LogP contribution < -0.4 is 4.48 Å². The third kappa shape index (κ3) is 2.31. The van der Waals surface area contributed by atoms with Gasteiger partial charge in [-0.3, -0.25) is 0 Å². The molecule has 0 aliphatic carbocycles. The van der Waals surface area contributed by atoms with Crippen LogP contribution >= 0.6 is 0 Å². The molecule has 1 aromatic heterocycles. The molecule has 0 bridgehead atoms. The molecule has 0 saturated carbocycles. The van der Waals surface area contributed by atoms with E-state index in [0.717, 1.165) is 11.3 Å². The first-order valence-corrected chi connectivity index (χ1v) is 6.99. The Morgan fingerprint density at radius 3 is 2.65 bits per heavy atom. The van der Waals surface area contributed by atoms with Crippen molar-refractivity contribution in [2.24, 2.45) is 5.10 Å². The Bertz CT molecular complexity index is 795. The number of quaternary nitrogens is 1. The van der Waals surface area contributed by atoms with Crippen LogP contribution in [-0.4, -0.2) is 43.2 Å². The fourth-order valence-electron chi connectivity index (χ4n) is 2.51. The molecule has 23 heavy (non-hydrogen) atoms. The summed E-state index contributed by atoms with van der Waals surface area (Å²) >= 11 is 0. The topological polar surface area (TPSA) is 65.7 Å². The lowest BCUT2D eigenvalue weighted by molar-refractivity contribution is -0.137. The molecule has 1 unspecified atom stereocenters. The zero-order chi connectivity index (χ0) is 16.4. The van der Waals surface area contributed by atoms with E-state index in [0.29, 0.717) is 5.95 Å². The highest BCUT2D eigenvalue weighted by Crippen LogP contribution is 2.33. The fourth-order valence-corrected chi connectivity index (χ4v) is 2.51. The molecule has 1 atom stereocenters. The van der Waals surface area contributed by atoms with Crippen molar-refractivity contribution < 1.29 is 14.3 Å². The summed E-state index contributed by atoms with van der Waals surface area (Å²) in [7, 11) is 4.60. The predicted octanol–water partition coefficient (Wildman–Crippen LogP) is 1.95. The molecule has 2 heterocycles. The lowest BCUT2D eigenvalue weighted by atomic mass is 10.2. The summed E-state index contributed by atoms with van der Waals surface area (Å²) < 4.78 is 11.6. The number of esters is 1. The van der Waals surface area contributed by atoms with E-state index in [4.69, 9.17) is 9.47 Å². The number of fused-ring (bicyclic) bond motifs is 1.